The van der Waals surface area contributed by atoms with E-state index >= 15 is 0 Å². The summed E-state index contributed by atoms with van der Waals surface area (Å²) in [5.41, 5.74) is 4.03. The molecular formula is C31H35FO4. The Balaban J connectivity index is 1.61. The topological polar surface area (TPSA) is 55.8 Å². The predicted molar refractivity (Wildman–Crippen MR) is 140 cm³/mol. The molecule has 190 valence electrons. The molecule has 1 fully saturated rings. The minimum Gasteiger partial charge on any atom is -0.489 e. The molecule has 4 rings (SSSR count). The Morgan fingerprint density at radius 3 is 2.42 bits per heavy atom. The molecule has 36 heavy (non-hydrogen) atoms. The van der Waals surface area contributed by atoms with Crippen LogP contribution in [0.5, 0.6) is 5.75 Å². The summed E-state index contributed by atoms with van der Waals surface area (Å²) >= 11 is 0. The van der Waals surface area contributed by atoms with Crippen LogP contribution in [0.4, 0.5) is 4.39 Å². The smallest absolute Gasteiger partial charge is 0.303 e. The zero-order valence-electron chi connectivity index (χ0n) is 21.5. The van der Waals surface area contributed by atoms with Crippen molar-refractivity contribution in [3.63, 3.8) is 0 Å². The van der Waals surface area contributed by atoms with Crippen molar-refractivity contribution in [2.75, 3.05) is 7.11 Å². The molecular weight excluding hydrogens is 455 g/mol. The number of carbonyl (C=O) groups is 1. The lowest BCUT2D eigenvalue weighted by molar-refractivity contribution is -0.137. The van der Waals surface area contributed by atoms with Crippen molar-refractivity contribution in [2.45, 2.75) is 58.7 Å². The fourth-order valence-electron chi connectivity index (χ4n) is 5.04. The first kappa shape index (κ1) is 25.9. The zero-order chi connectivity index (χ0) is 25.9. The van der Waals surface area contributed by atoms with Gasteiger partial charge in [-0.2, -0.15) is 0 Å². The Morgan fingerprint density at radius 1 is 1.03 bits per heavy atom. The number of hydrogen-bond donors (Lipinski definition) is 1. The van der Waals surface area contributed by atoms with Gasteiger partial charge in [-0.15, -0.1) is 0 Å². The third-order valence-electron chi connectivity index (χ3n) is 6.86. The van der Waals surface area contributed by atoms with Crippen molar-refractivity contribution in [2.24, 2.45) is 11.3 Å². The van der Waals surface area contributed by atoms with Crippen molar-refractivity contribution in [3.05, 3.63) is 89.2 Å². The van der Waals surface area contributed by atoms with Crippen LogP contribution < -0.4 is 4.74 Å². The van der Waals surface area contributed by atoms with Gasteiger partial charge in [0.2, 0.25) is 0 Å². The molecule has 0 saturated heterocycles. The number of carboxylic acids is 1. The van der Waals surface area contributed by atoms with Crippen molar-refractivity contribution in [3.8, 4) is 16.9 Å². The highest BCUT2D eigenvalue weighted by atomic mass is 19.1. The number of hydrogen-bond acceptors (Lipinski definition) is 3. The van der Waals surface area contributed by atoms with Gasteiger partial charge in [0.05, 0.1) is 12.5 Å². The van der Waals surface area contributed by atoms with Crippen LogP contribution in [0.3, 0.4) is 0 Å². The molecule has 3 aromatic carbocycles. The molecule has 0 unspecified atom stereocenters. The van der Waals surface area contributed by atoms with Gasteiger partial charge in [0.1, 0.15) is 18.2 Å². The van der Waals surface area contributed by atoms with Gasteiger partial charge in [-0.05, 0) is 76.6 Å². The Labute approximate surface area is 213 Å². The van der Waals surface area contributed by atoms with Crippen LogP contribution in [0, 0.1) is 17.2 Å². The van der Waals surface area contributed by atoms with Crippen LogP contribution in [0.1, 0.15) is 68.7 Å². The SMILES string of the molecule is CO[C@@H](c1cc(COc2cccc([C@@H](CC(=O)O)C3CC3)c2)ccc1-c1ccccc1F)C(C)(C)C. The monoisotopic (exact) mass is 490 g/mol. The molecule has 2 atom stereocenters. The molecule has 1 saturated carbocycles. The molecule has 0 bridgehead atoms. The second kappa shape index (κ2) is 10.8. The molecule has 1 aliphatic carbocycles. The van der Waals surface area contributed by atoms with E-state index in [1.165, 1.54) is 6.07 Å². The van der Waals surface area contributed by atoms with Gasteiger partial charge in [-0.25, -0.2) is 4.39 Å². The van der Waals surface area contributed by atoms with Gasteiger partial charge in [0.15, 0.2) is 0 Å². The minimum atomic E-state index is -0.771. The first-order valence-electron chi connectivity index (χ1n) is 12.5. The van der Waals surface area contributed by atoms with Crippen molar-refractivity contribution >= 4 is 5.97 Å². The maximum Gasteiger partial charge on any atom is 0.303 e. The highest BCUT2D eigenvalue weighted by molar-refractivity contribution is 5.69. The van der Waals surface area contributed by atoms with E-state index in [1.54, 1.807) is 19.2 Å². The van der Waals surface area contributed by atoms with Gasteiger partial charge in [-0.3, -0.25) is 4.79 Å². The normalized spacial score (nSPS) is 15.4. The van der Waals surface area contributed by atoms with Crippen LogP contribution in [0.25, 0.3) is 11.1 Å². The summed E-state index contributed by atoms with van der Waals surface area (Å²) in [6, 6.07) is 20.5. The van der Waals surface area contributed by atoms with Crippen molar-refractivity contribution in [1.82, 2.24) is 0 Å². The van der Waals surface area contributed by atoms with Crippen LogP contribution in [0.2, 0.25) is 0 Å². The summed E-state index contributed by atoms with van der Waals surface area (Å²) < 4.78 is 26.8. The number of rotatable bonds is 10. The molecule has 0 radical (unpaired) electrons. The average Bonchev–Trinajstić information content (AvgIpc) is 3.67. The number of halogens is 1. The van der Waals surface area contributed by atoms with E-state index in [2.05, 4.69) is 20.8 Å². The lowest BCUT2D eigenvalue weighted by Gasteiger charge is -2.32. The summed E-state index contributed by atoms with van der Waals surface area (Å²) in [7, 11) is 1.68. The first-order chi connectivity index (χ1) is 17.2. The summed E-state index contributed by atoms with van der Waals surface area (Å²) in [6.45, 7) is 6.65. The molecule has 3 aromatic rings. The third kappa shape index (κ3) is 6.14. The Hall–Kier alpha value is -3.18. The fourth-order valence-corrected chi connectivity index (χ4v) is 5.04. The van der Waals surface area contributed by atoms with E-state index in [4.69, 9.17) is 9.47 Å². The van der Waals surface area contributed by atoms with E-state index in [0.29, 0.717) is 23.8 Å². The van der Waals surface area contributed by atoms with Gasteiger partial charge >= 0.3 is 5.97 Å². The molecule has 0 aromatic heterocycles. The second-order valence-corrected chi connectivity index (χ2v) is 10.8. The zero-order valence-corrected chi connectivity index (χ0v) is 21.5. The van der Waals surface area contributed by atoms with Crippen LogP contribution in [-0.2, 0) is 16.1 Å². The molecule has 1 N–H and O–H groups in total. The molecule has 0 heterocycles. The van der Waals surface area contributed by atoms with Crippen molar-refractivity contribution in [1.29, 1.82) is 0 Å². The number of carboxylic acid groups (broad SMARTS) is 1. The van der Waals surface area contributed by atoms with E-state index in [-0.39, 0.29) is 29.7 Å². The van der Waals surface area contributed by atoms with E-state index in [0.717, 1.165) is 35.1 Å². The lowest BCUT2D eigenvalue weighted by atomic mass is 9.81. The molecule has 0 aliphatic heterocycles. The van der Waals surface area contributed by atoms with Crippen molar-refractivity contribution < 1.29 is 23.8 Å². The van der Waals surface area contributed by atoms with Gasteiger partial charge in [0, 0.05) is 12.7 Å². The fraction of sp³-hybridized carbons (Fsp3) is 0.387. The Bertz CT molecular complexity index is 1210. The molecule has 0 spiro atoms. The highest BCUT2D eigenvalue weighted by Crippen LogP contribution is 2.45. The lowest BCUT2D eigenvalue weighted by Crippen LogP contribution is -2.21. The third-order valence-corrected chi connectivity index (χ3v) is 6.86. The number of methoxy groups -OCH3 is 1. The molecule has 4 nitrogen and oxygen atoms in total. The summed E-state index contributed by atoms with van der Waals surface area (Å²) in [5, 5.41) is 9.35. The number of ether oxygens (including phenoxy) is 2. The van der Waals surface area contributed by atoms with Gasteiger partial charge < -0.3 is 14.6 Å². The van der Waals surface area contributed by atoms with Gasteiger partial charge in [0.25, 0.3) is 0 Å². The maximum absolute atomic E-state index is 14.7. The Morgan fingerprint density at radius 2 is 1.78 bits per heavy atom. The van der Waals surface area contributed by atoms with Crippen LogP contribution in [0.15, 0.2) is 66.7 Å². The molecule has 1 aliphatic rings. The largest absolute Gasteiger partial charge is 0.489 e. The summed E-state index contributed by atoms with van der Waals surface area (Å²) in [5.74, 6) is 0.129. The quantitative estimate of drug-likeness (QED) is 0.315. The first-order valence-corrected chi connectivity index (χ1v) is 12.5. The Kier molecular flexibility index (Phi) is 7.79. The van der Waals surface area contributed by atoms with E-state index < -0.39 is 5.97 Å². The number of benzene rings is 3. The van der Waals surface area contributed by atoms with E-state index in [1.807, 2.05) is 48.5 Å². The maximum atomic E-state index is 14.7. The second-order valence-electron chi connectivity index (χ2n) is 10.8. The predicted octanol–water partition coefficient (Wildman–Crippen LogP) is 7.77. The van der Waals surface area contributed by atoms with Crippen LogP contribution in [-0.4, -0.2) is 18.2 Å². The van der Waals surface area contributed by atoms with E-state index in [9.17, 15) is 14.3 Å². The molecule has 5 heteroatoms. The standard InChI is InChI=1S/C31H35FO4/c1-31(2,3)30(35-4)27-16-20(12-15-24(27)25-10-5-6-11-28(25)32)19-36-23-9-7-8-22(17-23)26(18-29(33)34)21-13-14-21/h5-12,15-17,21,26,30H,13-14,18-19H2,1-4H3,(H,33,34)/t26-,30-/m0/s1. The minimum absolute atomic E-state index is 0.0203. The molecule has 0 amide bonds. The average molecular weight is 491 g/mol. The summed E-state index contributed by atoms with van der Waals surface area (Å²) in [4.78, 5) is 11.4. The van der Waals surface area contributed by atoms with Crippen LogP contribution >= 0.6 is 0 Å². The highest BCUT2D eigenvalue weighted by Gasteiger charge is 2.34. The number of aliphatic carboxylic acids is 1. The summed E-state index contributed by atoms with van der Waals surface area (Å²) in [6.07, 6.45) is 2.05. The van der Waals surface area contributed by atoms with Gasteiger partial charge in [-0.1, -0.05) is 63.2 Å².